The summed E-state index contributed by atoms with van der Waals surface area (Å²) in [5.74, 6) is -0.0264. The van der Waals surface area contributed by atoms with Crippen molar-refractivity contribution in [3.8, 4) is 16.9 Å². The first-order chi connectivity index (χ1) is 11.9. The van der Waals surface area contributed by atoms with Gasteiger partial charge in [0, 0.05) is 18.8 Å². The van der Waals surface area contributed by atoms with Gasteiger partial charge in [-0.2, -0.15) is 5.10 Å². The van der Waals surface area contributed by atoms with Crippen LogP contribution in [0.2, 0.25) is 0 Å². The highest BCUT2D eigenvalue weighted by Crippen LogP contribution is 2.27. The molecular weight excluding hydrogens is 314 g/mol. The molecule has 0 saturated heterocycles. The van der Waals surface area contributed by atoms with Crippen LogP contribution in [0.5, 0.6) is 5.75 Å². The summed E-state index contributed by atoms with van der Waals surface area (Å²) in [5, 5.41) is 4.15. The Hall–Kier alpha value is -3.08. The second-order valence-electron chi connectivity index (χ2n) is 6.20. The Labute approximate surface area is 147 Å². The van der Waals surface area contributed by atoms with E-state index in [2.05, 4.69) is 18.1 Å². The topological polar surface area (TPSA) is 70.1 Å². The molecule has 0 saturated carbocycles. The highest BCUT2D eigenvalue weighted by Gasteiger charge is 2.13. The Morgan fingerprint density at radius 2 is 1.96 bits per heavy atom. The Bertz CT molecular complexity index is 928. The Balaban J connectivity index is 1.87. The normalized spacial score (nSPS) is 10.7. The number of ether oxygens (including phenoxy) is 1. The van der Waals surface area contributed by atoms with E-state index < -0.39 is 5.91 Å². The lowest BCUT2D eigenvalue weighted by Gasteiger charge is -2.13. The largest absolute Gasteiger partial charge is 0.488 e. The van der Waals surface area contributed by atoms with Crippen LogP contribution in [-0.2, 0) is 13.7 Å². The van der Waals surface area contributed by atoms with Crippen molar-refractivity contribution in [2.75, 3.05) is 0 Å². The van der Waals surface area contributed by atoms with Gasteiger partial charge in [-0.25, -0.2) is 0 Å². The second kappa shape index (κ2) is 6.81. The molecule has 0 bridgehead atoms. The smallest absolute Gasteiger partial charge is 0.252 e. The van der Waals surface area contributed by atoms with Gasteiger partial charge in [-0.1, -0.05) is 29.8 Å². The molecule has 1 aromatic heterocycles. The van der Waals surface area contributed by atoms with Crippen molar-refractivity contribution >= 4 is 5.91 Å². The number of nitrogens with two attached hydrogens (primary N) is 1. The van der Waals surface area contributed by atoms with Crippen LogP contribution in [0.1, 0.15) is 27.0 Å². The predicted octanol–water partition coefficient (Wildman–Crippen LogP) is 3.38. The molecule has 0 atom stereocenters. The van der Waals surface area contributed by atoms with Crippen LogP contribution in [0.3, 0.4) is 0 Å². The van der Waals surface area contributed by atoms with Crippen LogP contribution in [0.4, 0.5) is 0 Å². The van der Waals surface area contributed by atoms with E-state index >= 15 is 0 Å². The Kier molecular flexibility index (Phi) is 4.57. The molecule has 0 radical (unpaired) electrons. The summed E-state index contributed by atoms with van der Waals surface area (Å²) in [6, 6.07) is 11.6. The summed E-state index contributed by atoms with van der Waals surface area (Å²) in [7, 11) is 1.85. The number of nitrogens with zero attached hydrogens (tertiary/aromatic N) is 2. The van der Waals surface area contributed by atoms with Gasteiger partial charge in [-0.3, -0.25) is 9.48 Å². The van der Waals surface area contributed by atoms with Crippen molar-refractivity contribution in [1.29, 1.82) is 0 Å². The van der Waals surface area contributed by atoms with Gasteiger partial charge in [0.1, 0.15) is 12.4 Å². The zero-order chi connectivity index (χ0) is 18.0. The number of benzene rings is 2. The van der Waals surface area contributed by atoms with Gasteiger partial charge in [-0.15, -0.1) is 0 Å². The molecule has 5 heteroatoms. The maximum atomic E-state index is 11.9. The van der Waals surface area contributed by atoms with Crippen molar-refractivity contribution in [1.82, 2.24) is 9.78 Å². The molecular formula is C20H21N3O2. The molecule has 3 aromatic rings. The van der Waals surface area contributed by atoms with E-state index in [9.17, 15) is 4.79 Å². The minimum Gasteiger partial charge on any atom is -0.488 e. The predicted molar refractivity (Wildman–Crippen MR) is 97.4 cm³/mol. The third kappa shape index (κ3) is 3.71. The highest BCUT2D eigenvalue weighted by molar-refractivity contribution is 5.97. The maximum absolute atomic E-state index is 11.9. The van der Waals surface area contributed by atoms with Crippen molar-refractivity contribution in [3.05, 3.63) is 71.0 Å². The number of aromatic nitrogens is 2. The monoisotopic (exact) mass is 335 g/mol. The van der Waals surface area contributed by atoms with Gasteiger partial charge in [0.2, 0.25) is 0 Å². The van der Waals surface area contributed by atoms with Gasteiger partial charge in [0.05, 0.1) is 11.8 Å². The van der Waals surface area contributed by atoms with Crippen LogP contribution >= 0.6 is 0 Å². The van der Waals surface area contributed by atoms with Gasteiger partial charge in [-0.05, 0) is 42.7 Å². The number of amides is 1. The first-order valence-electron chi connectivity index (χ1n) is 8.06. The first kappa shape index (κ1) is 16.8. The van der Waals surface area contributed by atoms with E-state index in [0.29, 0.717) is 17.9 Å². The lowest BCUT2D eigenvalue weighted by Crippen LogP contribution is -2.13. The van der Waals surface area contributed by atoms with Crippen molar-refractivity contribution in [2.24, 2.45) is 12.8 Å². The van der Waals surface area contributed by atoms with Crippen LogP contribution in [-0.4, -0.2) is 15.7 Å². The van der Waals surface area contributed by atoms with Crippen LogP contribution < -0.4 is 10.5 Å². The van der Waals surface area contributed by atoms with E-state index in [1.54, 1.807) is 23.0 Å². The van der Waals surface area contributed by atoms with Crippen molar-refractivity contribution in [3.63, 3.8) is 0 Å². The maximum Gasteiger partial charge on any atom is 0.252 e. The molecule has 0 aliphatic rings. The fourth-order valence-corrected chi connectivity index (χ4v) is 2.76. The number of carbonyl (C=O) groups excluding carboxylic acids is 1. The molecule has 0 aliphatic heterocycles. The molecule has 1 amide bonds. The quantitative estimate of drug-likeness (QED) is 0.777. The SMILES string of the molecule is Cc1ccc(COc2ccc(-c3cnn(C)c3)cc2C(N)=O)c(C)c1. The lowest BCUT2D eigenvalue weighted by atomic mass is 10.0. The van der Waals surface area contributed by atoms with E-state index in [1.165, 1.54) is 5.56 Å². The summed E-state index contributed by atoms with van der Waals surface area (Å²) < 4.78 is 7.59. The standard InChI is InChI=1S/C20H21N3O2/c1-13-4-5-16(14(2)8-13)12-25-19-7-6-15(9-18(19)20(21)24)17-10-22-23(3)11-17/h4-11H,12H2,1-3H3,(H2,21,24). The Morgan fingerprint density at radius 1 is 1.16 bits per heavy atom. The summed E-state index contributed by atoms with van der Waals surface area (Å²) in [6.45, 7) is 4.49. The van der Waals surface area contributed by atoms with Gasteiger partial charge < -0.3 is 10.5 Å². The Morgan fingerprint density at radius 3 is 2.60 bits per heavy atom. The summed E-state index contributed by atoms with van der Waals surface area (Å²) >= 11 is 0. The fourth-order valence-electron chi connectivity index (χ4n) is 2.76. The number of hydrogen-bond acceptors (Lipinski definition) is 3. The molecule has 25 heavy (non-hydrogen) atoms. The van der Waals surface area contributed by atoms with E-state index in [0.717, 1.165) is 22.3 Å². The molecule has 128 valence electrons. The summed E-state index contributed by atoms with van der Waals surface area (Å²) in [6.07, 6.45) is 3.63. The number of aryl methyl sites for hydroxylation is 3. The minimum atomic E-state index is -0.513. The lowest BCUT2D eigenvalue weighted by molar-refractivity contribution is 0.0996. The zero-order valence-corrected chi connectivity index (χ0v) is 14.6. The van der Waals surface area contributed by atoms with Crippen molar-refractivity contribution < 1.29 is 9.53 Å². The first-order valence-corrected chi connectivity index (χ1v) is 8.06. The number of rotatable bonds is 5. The molecule has 0 spiro atoms. The number of carbonyl (C=O) groups is 1. The molecule has 1 heterocycles. The number of primary amides is 1. The van der Waals surface area contributed by atoms with Gasteiger partial charge >= 0.3 is 0 Å². The molecule has 3 rings (SSSR count). The zero-order valence-electron chi connectivity index (χ0n) is 14.6. The van der Waals surface area contributed by atoms with Crippen LogP contribution in [0.25, 0.3) is 11.1 Å². The minimum absolute atomic E-state index is 0.367. The highest BCUT2D eigenvalue weighted by atomic mass is 16.5. The van der Waals surface area contributed by atoms with E-state index in [4.69, 9.17) is 10.5 Å². The second-order valence-corrected chi connectivity index (χ2v) is 6.20. The molecule has 0 aliphatic carbocycles. The van der Waals surface area contributed by atoms with Crippen LogP contribution in [0, 0.1) is 13.8 Å². The third-order valence-corrected chi connectivity index (χ3v) is 4.16. The average molecular weight is 335 g/mol. The van der Waals surface area contributed by atoms with Crippen LogP contribution in [0.15, 0.2) is 48.8 Å². The van der Waals surface area contributed by atoms with Gasteiger partial charge in [0.25, 0.3) is 5.91 Å². The van der Waals surface area contributed by atoms with Gasteiger partial charge in [0.15, 0.2) is 0 Å². The average Bonchev–Trinajstić information content (AvgIpc) is 3.00. The van der Waals surface area contributed by atoms with E-state index in [1.807, 2.05) is 38.4 Å². The summed E-state index contributed by atoms with van der Waals surface area (Å²) in [5.41, 5.74) is 11.2. The van der Waals surface area contributed by atoms with Crippen molar-refractivity contribution in [2.45, 2.75) is 20.5 Å². The molecule has 5 nitrogen and oxygen atoms in total. The molecule has 2 aromatic carbocycles. The number of hydrogen-bond donors (Lipinski definition) is 1. The fraction of sp³-hybridized carbons (Fsp3) is 0.200. The molecule has 0 fully saturated rings. The summed E-state index contributed by atoms with van der Waals surface area (Å²) in [4.78, 5) is 11.9. The van der Waals surface area contributed by atoms with E-state index in [-0.39, 0.29) is 0 Å². The molecule has 0 unspecified atom stereocenters. The molecule has 2 N–H and O–H groups in total. The third-order valence-electron chi connectivity index (χ3n) is 4.16.